The number of Topliss-reactive ketones (excluding diaryl/α,β-unsaturated/α-hetero) is 1. The zero-order chi connectivity index (χ0) is 20.3. The third-order valence-electron chi connectivity index (χ3n) is 4.41. The van der Waals surface area contributed by atoms with Gasteiger partial charge >= 0.3 is 5.97 Å². The normalized spacial score (nSPS) is 12.1. The van der Waals surface area contributed by atoms with E-state index in [1.807, 2.05) is 6.92 Å². The van der Waals surface area contributed by atoms with Crippen molar-refractivity contribution in [1.29, 1.82) is 0 Å². The maximum Gasteiger partial charge on any atom is 0.323 e. The summed E-state index contributed by atoms with van der Waals surface area (Å²) in [7, 11) is 1.23. The van der Waals surface area contributed by atoms with Gasteiger partial charge in [0.05, 0.1) is 12.5 Å². The van der Waals surface area contributed by atoms with Gasteiger partial charge in [0, 0.05) is 23.0 Å². The largest absolute Gasteiger partial charge is 0.468 e. The van der Waals surface area contributed by atoms with Crippen LogP contribution in [0.4, 0.5) is 0 Å². The van der Waals surface area contributed by atoms with Crippen LogP contribution in [0, 0.1) is 6.92 Å². The van der Waals surface area contributed by atoms with Crippen molar-refractivity contribution < 1.29 is 14.3 Å². The van der Waals surface area contributed by atoms with Crippen molar-refractivity contribution in [1.82, 2.24) is 14.8 Å². The molecule has 0 saturated heterocycles. The van der Waals surface area contributed by atoms with Crippen LogP contribution < -0.4 is 5.56 Å². The molecule has 0 fully saturated rings. The average molecular weight is 399 g/mol. The number of benzene rings is 1. The van der Waals surface area contributed by atoms with Gasteiger partial charge in [-0.1, -0.05) is 31.5 Å². The number of carbonyl (C=O) groups excluding carboxylic acids is 2. The van der Waals surface area contributed by atoms with Gasteiger partial charge in [0.1, 0.15) is 10.7 Å². The minimum Gasteiger partial charge on any atom is -0.468 e. The number of esters is 1. The molecule has 3 aromatic rings. The third-order valence-corrected chi connectivity index (χ3v) is 5.43. The van der Waals surface area contributed by atoms with Crippen LogP contribution in [0.15, 0.2) is 34.4 Å². The lowest BCUT2D eigenvalue weighted by atomic mass is 9.98. The molecule has 28 heavy (non-hydrogen) atoms. The van der Waals surface area contributed by atoms with Gasteiger partial charge in [-0.2, -0.15) is 5.10 Å². The Morgan fingerprint density at radius 2 is 1.96 bits per heavy atom. The number of ether oxygens (including phenoxy) is 1. The van der Waals surface area contributed by atoms with Crippen molar-refractivity contribution in [2.75, 3.05) is 7.11 Å². The third kappa shape index (κ3) is 3.73. The number of ketones is 1. The predicted molar refractivity (Wildman–Crippen MR) is 107 cm³/mol. The van der Waals surface area contributed by atoms with E-state index in [2.05, 4.69) is 10.1 Å². The highest BCUT2D eigenvalue weighted by molar-refractivity contribution is 7.10. The molecule has 1 aromatic carbocycles. The van der Waals surface area contributed by atoms with Crippen LogP contribution in [0.5, 0.6) is 0 Å². The molecule has 3 rings (SSSR count). The number of nitrogens with zero attached hydrogens (tertiary/aromatic N) is 3. The van der Waals surface area contributed by atoms with Gasteiger partial charge in [-0.3, -0.25) is 14.4 Å². The van der Waals surface area contributed by atoms with Gasteiger partial charge in [-0.25, -0.2) is 9.67 Å². The number of hydrogen-bond donors (Lipinski definition) is 0. The van der Waals surface area contributed by atoms with Crippen LogP contribution in [0.1, 0.15) is 46.9 Å². The smallest absolute Gasteiger partial charge is 0.323 e. The van der Waals surface area contributed by atoms with E-state index in [0.29, 0.717) is 28.0 Å². The molecule has 7 nitrogen and oxygen atoms in total. The molecule has 0 aliphatic rings. The first kappa shape index (κ1) is 19.9. The van der Waals surface area contributed by atoms with E-state index in [4.69, 9.17) is 4.74 Å². The van der Waals surface area contributed by atoms with Crippen LogP contribution in [-0.2, 0) is 16.1 Å². The standard InChI is InChI=1S/C20H21N3O4S/c1-4-5-10-23-19(25)14-9-7-6-8-13(14)16(22-23)17(24)15(20(26)27-3)18-21-12(2)11-28-18/h6-9,11,15H,4-5,10H2,1-3H3/t15-/m0/s1. The summed E-state index contributed by atoms with van der Waals surface area (Å²) in [4.78, 5) is 42.8. The van der Waals surface area contributed by atoms with E-state index in [1.54, 1.807) is 36.6 Å². The van der Waals surface area contributed by atoms with Gasteiger partial charge in [0.25, 0.3) is 5.56 Å². The Labute approximate surface area is 166 Å². The summed E-state index contributed by atoms with van der Waals surface area (Å²) < 4.78 is 6.17. The Hall–Kier alpha value is -2.87. The van der Waals surface area contributed by atoms with Gasteiger partial charge in [-0.05, 0) is 19.4 Å². The minimum absolute atomic E-state index is 0.0783. The fraction of sp³-hybridized carbons (Fsp3) is 0.350. The molecular formula is C20H21N3O4S. The number of unbranched alkanes of at least 4 members (excludes halogenated alkanes) is 1. The van der Waals surface area contributed by atoms with Crippen molar-refractivity contribution in [3.8, 4) is 0 Å². The van der Waals surface area contributed by atoms with Crippen molar-refractivity contribution in [3.05, 3.63) is 56.4 Å². The molecule has 0 unspecified atom stereocenters. The number of rotatable bonds is 7. The monoisotopic (exact) mass is 399 g/mol. The quantitative estimate of drug-likeness (QED) is 0.344. The lowest BCUT2D eigenvalue weighted by Crippen LogP contribution is -2.30. The second-order valence-corrected chi connectivity index (χ2v) is 7.31. The second kappa shape index (κ2) is 8.43. The number of aryl methyl sites for hydroxylation is 2. The predicted octanol–water partition coefficient (Wildman–Crippen LogP) is 3.10. The Kier molecular flexibility index (Phi) is 5.99. The lowest BCUT2D eigenvalue weighted by molar-refractivity contribution is -0.141. The number of fused-ring (bicyclic) bond motifs is 1. The molecule has 1 atom stereocenters. The number of thiazole rings is 1. The summed E-state index contributed by atoms with van der Waals surface area (Å²) in [5.74, 6) is -2.43. The maximum atomic E-state index is 13.4. The molecule has 146 valence electrons. The van der Waals surface area contributed by atoms with E-state index in [0.717, 1.165) is 12.8 Å². The van der Waals surface area contributed by atoms with Crippen molar-refractivity contribution in [3.63, 3.8) is 0 Å². The SMILES string of the molecule is CCCCn1nc(C(=O)[C@H](C(=O)OC)c2nc(C)cs2)c2ccccc2c1=O. The highest BCUT2D eigenvalue weighted by Gasteiger charge is 2.35. The highest BCUT2D eigenvalue weighted by Crippen LogP contribution is 2.27. The molecule has 0 spiro atoms. The molecule has 0 N–H and O–H groups in total. The van der Waals surface area contributed by atoms with E-state index in [1.165, 1.54) is 23.1 Å². The van der Waals surface area contributed by atoms with Gasteiger partial charge in [-0.15, -0.1) is 11.3 Å². The molecule has 0 aliphatic heterocycles. The summed E-state index contributed by atoms with van der Waals surface area (Å²) in [6.45, 7) is 4.20. The molecule has 0 saturated carbocycles. The first-order valence-corrected chi connectivity index (χ1v) is 9.89. The van der Waals surface area contributed by atoms with Gasteiger partial charge < -0.3 is 4.74 Å². The zero-order valence-electron chi connectivity index (χ0n) is 16.0. The summed E-state index contributed by atoms with van der Waals surface area (Å²) in [5, 5.41) is 7.28. The molecule has 2 heterocycles. The lowest BCUT2D eigenvalue weighted by Gasteiger charge is -2.14. The molecule has 0 radical (unpaired) electrons. The van der Waals surface area contributed by atoms with E-state index in [9.17, 15) is 14.4 Å². The van der Waals surface area contributed by atoms with Gasteiger partial charge in [0.15, 0.2) is 5.92 Å². The molecule has 8 heteroatoms. The van der Waals surface area contributed by atoms with Crippen molar-refractivity contribution >= 4 is 33.9 Å². The van der Waals surface area contributed by atoms with E-state index in [-0.39, 0.29) is 11.3 Å². The highest BCUT2D eigenvalue weighted by atomic mass is 32.1. The summed E-state index contributed by atoms with van der Waals surface area (Å²) >= 11 is 1.22. The molecular weight excluding hydrogens is 378 g/mol. The topological polar surface area (TPSA) is 91.2 Å². The zero-order valence-corrected chi connectivity index (χ0v) is 16.8. The Morgan fingerprint density at radius 1 is 1.25 bits per heavy atom. The molecule has 2 aromatic heterocycles. The minimum atomic E-state index is -1.21. The van der Waals surface area contributed by atoms with Crippen LogP contribution in [-0.4, -0.2) is 33.6 Å². The second-order valence-electron chi connectivity index (χ2n) is 6.42. The van der Waals surface area contributed by atoms with Crippen LogP contribution in [0.2, 0.25) is 0 Å². The van der Waals surface area contributed by atoms with Crippen LogP contribution >= 0.6 is 11.3 Å². The van der Waals surface area contributed by atoms with E-state index >= 15 is 0 Å². The molecule has 0 aliphatic carbocycles. The Bertz CT molecular complexity index is 1090. The Balaban J connectivity index is 2.19. The average Bonchev–Trinajstić information content (AvgIpc) is 3.13. The number of methoxy groups -OCH3 is 1. The molecule has 0 amide bonds. The fourth-order valence-corrected chi connectivity index (χ4v) is 3.84. The van der Waals surface area contributed by atoms with Gasteiger partial charge in [0.2, 0.25) is 5.78 Å². The number of hydrogen-bond acceptors (Lipinski definition) is 7. The molecule has 0 bridgehead atoms. The Morgan fingerprint density at radius 3 is 2.57 bits per heavy atom. The first-order chi connectivity index (χ1) is 13.5. The summed E-state index contributed by atoms with van der Waals surface area (Å²) in [6, 6.07) is 6.81. The summed E-state index contributed by atoms with van der Waals surface area (Å²) in [6.07, 6.45) is 1.64. The van der Waals surface area contributed by atoms with Crippen LogP contribution in [0.25, 0.3) is 10.8 Å². The maximum absolute atomic E-state index is 13.4. The fourth-order valence-electron chi connectivity index (χ4n) is 2.96. The van der Waals surface area contributed by atoms with Crippen molar-refractivity contribution in [2.24, 2.45) is 0 Å². The summed E-state index contributed by atoms with van der Waals surface area (Å²) in [5.41, 5.74) is 0.544. The van der Waals surface area contributed by atoms with E-state index < -0.39 is 17.7 Å². The van der Waals surface area contributed by atoms with Crippen molar-refractivity contribution in [2.45, 2.75) is 39.2 Å². The number of carbonyl (C=O) groups is 2. The number of aromatic nitrogens is 3. The van der Waals surface area contributed by atoms with Crippen LogP contribution in [0.3, 0.4) is 0 Å². The first-order valence-electron chi connectivity index (χ1n) is 9.01.